The van der Waals surface area contributed by atoms with E-state index in [9.17, 15) is 4.79 Å². The molecule has 0 amide bonds. The SMILES string of the molecule is O=C1C=CC2C(c3cccc(Cl)c3)CC1N2c1ccccn1. The second kappa shape index (κ2) is 5.25. The molecule has 1 aromatic heterocycles. The van der Waals surface area contributed by atoms with Gasteiger partial charge in [0.05, 0.1) is 12.1 Å². The normalized spacial score (nSPS) is 26.5. The number of pyridine rings is 1. The van der Waals surface area contributed by atoms with Gasteiger partial charge in [-0.3, -0.25) is 4.79 Å². The molecule has 110 valence electrons. The van der Waals surface area contributed by atoms with Crippen LogP contribution in [0.2, 0.25) is 5.02 Å². The summed E-state index contributed by atoms with van der Waals surface area (Å²) < 4.78 is 0. The number of anilines is 1. The van der Waals surface area contributed by atoms with Crippen LogP contribution in [0.1, 0.15) is 17.9 Å². The second-order valence-electron chi connectivity index (χ2n) is 5.76. The first kappa shape index (κ1) is 13.5. The summed E-state index contributed by atoms with van der Waals surface area (Å²) in [6, 6.07) is 13.8. The van der Waals surface area contributed by atoms with E-state index in [1.165, 1.54) is 5.56 Å². The molecule has 1 saturated heterocycles. The molecule has 2 aliphatic rings. The summed E-state index contributed by atoms with van der Waals surface area (Å²) in [6.07, 6.45) is 6.30. The van der Waals surface area contributed by atoms with E-state index in [0.717, 1.165) is 17.3 Å². The van der Waals surface area contributed by atoms with Crippen molar-refractivity contribution in [3.05, 3.63) is 71.4 Å². The number of aromatic nitrogens is 1. The van der Waals surface area contributed by atoms with Crippen LogP contribution in [0.3, 0.4) is 0 Å². The van der Waals surface area contributed by atoms with Crippen LogP contribution in [0.5, 0.6) is 0 Å². The number of fused-ring (bicyclic) bond motifs is 2. The summed E-state index contributed by atoms with van der Waals surface area (Å²) >= 11 is 6.14. The zero-order chi connectivity index (χ0) is 15.1. The van der Waals surface area contributed by atoms with Crippen LogP contribution < -0.4 is 4.90 Å². The molecular weight excluding hydrogens is 296 g/mol. The number of halogens is 1. The van der Waals surface area contributed by atoms with Crippen molar-refractivity contribution in [2.45, 2.75) is 24.4 Å². The van der Waals surface area contributed by atoms with Crippen LogP contribution in [-0.2, 0) is 4.79 Å². The summed E-state index contributed by atoms with van der Waals surface area (Å²) in [5.41, 5.74) is 1.18. The summed E-state index contributed by atoms with van der Waals surface area (Å²) in [6.45, 7) is 0. The highest BCUT2D eigenvalue weighted by Gasteiger charge is 2.46. The Labute approximate surface area is 134 Å². The lowest BCUT2D eigenvalue weighted by Gasteiger charge is -2.32. The van der Waals surface area contributed by atoms with Crippen molar-refractivity contribution >= 4 is 23.2 Å². The van der Waals surface area contributed by atoms with E-state index >= 15 is 0 Å². The minimum atomic E-state index is -0.131. The molecule has 1 fully saturated rings. The largest absolute Gasteiger partial charge is 0.339 e. The monoisotopic (exact) mass is 310 g/mol. The molecule has 22 heavy (non-hydrogen) atoms. The maximum Gasteiger partial charge on any atom is 0.177 e. The number of hydrogen-bond acceptors (Lipinski definition) is 3. The maximum atomic E-state index is 12.3. The van der Waals surface area contributed by atoms with Gasteiger partial charge in [0.25, 0.3) is 0 Å². The molecule has 3 atom stereocenters. The Balaban J connectivity index is 1.76. The number of ketones is 1. The number of carbonyl (C=O) groups is 1. The zero-order valence-corrected chi connectivity index (χ0v) is 12.6. The zero-order valence-electron chi connectivity index (χ0n) is 11.9. The lowest BCUT2D eigenvalue weighted by molar-refractivity contribution is -0.115. The molecule has 4 heteroatoms. The second-order valence-corrected chi connectivity index (χ2v) is 6.20. The molecule has 3 heterocycles. The molecule has 2 bridgehead atoms. The van der Waals surface area contributed by atoms with E-state index in [0.29, 0.717) is 0 Å². The molecular formula is C18H15ClN2O. The van der Waals surface area contributed by atoms with Gasteiger partial charge in [-0.05, 0) is 42.3 Å². The molecule has 4 rings (SSSR count). The molecule has 0 aliphatic carbocycles. The van der Waals surface area contributed by atoms with Gasteiger partial charge in [0.2, 0.25) is 0 Å². The molecule has 0 radical (unpaired) electrons. The van der Waals surface area contributed by atoms with Crippen LogP contribution in [0.25, 0.3) is 0 Å². The van der Waals surface area contributed by atoms with Crippen LogP contribution >= 0.6 is 11.6 Å². The fraction of sp³-hybridized carbons (Fsp3) is 0.222. The molecule has 3 unspecified atom stereocenters. The van der Waals surface area contributed by atoms with E-state index < -0.39 is 0 Å². The molecule has 3 nitrogen and oxygen atoms in total. The van der Waals surface area contributed by atoms with Gasteiger partial charge in [-0.2, -0.15) is 0 Å². The van der Waals surface area contributed by atoms with Crippen molar-refractivity contribution in [3.63, 3.8) is 0 Å². The lowest BCUT2D eigenvalue weighted by atomic mass is 9.91. The average molecular weight is 311 g/mol. The Morgan fingerprint density at radius 1 is 1.18 bits per heavy atom. The number of hydrogen-bond donors (Lipinski definition) is 0. The van der Waals surface area contributed by atoms with Gasteiger partial charge in [-0.1, -0.05) is 35.9 Å². The summed E-state index contributed by atoms with van der Waals surface area (Å²) in [4.78, 5) is 18.9. The highest BCUT2D eigenvalue weighted by atomic mass is 35.5. The van der Waals surface area contributed by atoms with E-state index in [2.05, 4.69) is 16.0 Å². The molecule has 2 aromatic rings. The van der Waals surface area contributed by atoms with Gasteiger partial charge in [-0.15, -0.1) is 0 Å². The summed E-state index contributed by atoms with van der Waals surface area (Å²) in [5.74, 6) is 1.28. The molecule has 2 aliphatic heterocycles. The Morgan fingerprint density at radius 2 is 2.09 bits per heavy atom. The van der Waals surface area contributed by atoms with Crippen LogP contribution in [0.15, 0.2) is 60.8 Å². The van der Waals surface area contributed by atoms with Crippen molar-refractivity contribution in [2.75, 3.05) is 4.90 Å². The van der Waals surface area contributed by atoms with Crippen LogP contribution in [0.4, 0.5) is 5.82 Å². The number of carbonyl (C=O) groups excluding carboxylic acids is 1. The number of nitrogens with zero attached hydrogens (tertiary/aromatic N) is 2. The van der Waals surface area contributed by atoms with Crippen molar-refractivity contribution < 1.29 is 4.79 Å². The molecule has 0 N–H and O–H groups in total. The van der Waals surface area contributed by atoms with Crippen LogP contribution in [-0.4, -0.2) is 22.9 Å². The van der Waals surface area contributed by atoms with E-state index in [1.807, 2.05) is 42.5 Å². The van der Waals surface area contributed by atoms with Gasteiger partial charge in [0.15, 0.2) is 5.78 Å². The highest BCUT2D eigenvalue weighted by Crippen LogP contribution is 2.43. The van der Waals surface area contributed by atoms with Crippen molar-refractivity contribution in [1.29, 1.82) is 0 Å². The Hall–Kier alpha value is -2.13. The predicted molar refractivity (Wildman–Crippen MR) is 87.2 cm³/mol. The Kier molecular flexibility index (Phi) is 3.23. The number of rotatable bonds is 2. The molecule has 0 saturated carbocycles. The lowest BCUT2D eigenvalue weighted by Crippen LogP contribution is -2.43. The van der Waals surface area contributed by atoms with Gasteiger partial charge in [0, 0.05) is 17.1 Å². The van der Waals surface area contributed by atoms with Crippen molar-refractivity contribution in [3.8, 4) is 0 Å². The van der Waals surface area contributed by atoms with Gasteiger partial charge in [-0.25, -0.2) is 4.98 Å². The first-order valence-corrected chi connectivity index (χ1v) is 7.79. The van der Waals surface area contributed by atoms with E-state index in [4.69, 9.17) is 11.6 Å². The van der Waals surface area contributed by atoms with Gasteiger partial charge in [0.1, 0.15) is 5.82 Å². The van der Waals surface area contributed by atoms with Crippen molar-refractivity contribution in [1.82, 2.24) is 4.98 Å². The first-order valence-electron chi connectivity index (χ1n) is 7.41. The molecule has 0 spiro atoms. The third-order valence-electron chi connectivity index (χ3n) is 4.52. The topological polar surface area (TPSA) is 33.2 Å². The third kappa shape index (κ3) is 2.13. The van der Waals surface area contributed by atoms with Gasteiger partial charge < -0.3 is 4.90 Å². The predicted octanol–water partition coefficient (Wildman–Crippen LogP) is 3.61. The minimum Gasteiger partial charge on any atom is -0.339 e. The quantitative estimate of drug-likeness (QED) is 0.849. The Bertz CT molecular complexity index is 744. The molecule has 1 aromatic carbocycles. The van der Waals surface area contributed by atoms with E-state index in [1.54, 1.807) is 12.3 Å². The first-order chi connectivity index (χ1) is 10.7. The summed E-state index contributed by atoms with van der Waals surface area (Å²) in [5, 5.41) is 0.735. The summed E-state index contributed by atoms with van der Waals surface area (Å²) in [7, 11) is 0. The van der Waals surface area contributed by atoms with E-state index in [-0.39, 0.29) is 23.8 Å². The average Bonchev–Trinajstić information content (AvgIpc) is 2.84. The highest BCUT2D eigenvalue weighted by molar-refractivity contribution is 6.30. The fourth-order valence-electron chi connectivity index (χ4n) is 3.57. The fourth-order valence-corrected chi connectivity index (χ4v) is 3.77. The maximum absolute atomic E-state index is 12.3. The smallest absolute Gasteiger partial charge is 0.177 e. The number of benzene rings is 1. The third-order valence-corrected chi connectivity index (χ3v) is 4.76. The van der Waals surface area contributed by atoms with Gasteiger partial charge >= 0.3 is 0 Å². The van der Waals surface area contributed by atoms with Crippen molar-refractivity contribution in [2.24, 2.45) is 0 Å². The minimum absolute atomic E-state index is 0.131. The standard InChI is InChI=1S/C18H15ClN2O/c19-13-5-3-4-12(10-13)14-11-16-17(22)8-7-15(14)21(16)18-6-1-2-9-20-18/h1-10,14-16H,11H2. The van der Waals surface area contributed by atoms with Crippen LogP contribution in [0, 0.1) is 0 Å². The Morgan fingerprint density at radius 3 is 2.86 bits per heavy atom.